The maximum absolute atomic E-state index is 13.7. The molecule has 0 spiro atoms. The number of benzene rings is 1. The summed E-state index contributed by atoms with van der Waals surface area (Å²) in [6.45, 7) is 1.76. The van der Waals surface area contributed by atoms with E-state index in [1.54, 1.807) is 6.07 Å². The Labute approximate surface area is 100 Å². The van der Waals surface area contributed by atoms with Gasteiger partial charge in [0.1, 0.15) is 11.6 Å². The van der Waals surface area contributed by atoms with Crippen LogP contribution in [0.1, 0.15) is 30.7 Å². The number of hydrogen-bond acceptors (Lipinski definition) is 2. The molecular weight excluding hydrogens is 217 g/mol. The molecular formula is C14H16FNO. The lowest BCUT2D eigenvalue weighted by molar-refractivity contribution is -0.122. The first kappa shape index (κ1) is 10.9. The van der Waals surface area contributed by atoms with E-state index < -0.39 is 0 Å². The Morgan fingerprint density at radius 2 is 2.12 bits per heavy atom. The Hall–Kier alpha value is -1.22. The van der Waals surface area contributed by atoms with Crippen molar-refractivity contribution in [3.63, 3.8) is 0 Å². The highest BCUT2D eigenvalue weighted by atomic mass is 19.1. The van der Waals surface area contributed by atoms with Crippen LogP contribution < -0.4 is 0 Å². The molecule has 3 heteroatoms. The number of carbonyl (C=O) groups is 1. The van der Waals surface area contributed by atoms with E-state index in [4.69, 9.17) is 0 Å². The monoisotopic (exact) mass is 233 g/mol. The molecule has 90 valence electrons. The van der Waals surface area contributed by atoms with Gasteiger partial charge in [-0.2, -0.15) is 0 Å². The van der Waals surface area contributed by atoms with Gasteiger partial charge in [-0.05, 0) is 18.1 Å². The van der Waals surface area contributed by atoms with Crippen LogP contribution in [-0.2, 0) is 4.79 Å². The molecule has 2 fully saturated rings. The second kappa shape index (κ2) is 4.22. The van der Waals surface area contributed by atoms with Gasteiger partial charge in [-0.25, -0.2) is 4.39 Å². The normalized spacial score (nSPS) is 29.4. The Kier molecular flexibility index (Phi) is 2.71. The molecule has 1 aromatic carbocycles. The van der Waals surface area contributed by atoms with E-state index in [0.717, 1.165) is 25.1 Å². The van der Waals surface area contributed by atoms with Gasteiger partial charge in [-0.15, -0.1) is 0 Å². The number of nitrogens with zero attached hydrogens (tertiary/aromatic N) is 1. The zero-order valence-corrected chi connectivity index (χ0v) is 9.73. The molecule has 0 amide bonds. The topological polar surface area (TPSA) is 20.3 Å². The van der Waals surface area contributed by atoms with Crippen molar-refractivity contribution in [1.29, 1.82) is 0 Å². The summed E-state index contributed by atoms with van der Waals surface area (Å²) in [6.07, 6.45) is 2.25. The average Bonchev–Trinajstić information content (AvgIpc) is 2.72. The molecule has 0 aromatic heterocycles. The van der Waals surface area contributed by atoms with E-state index in [1.165, 1.54) is 6.07 Å². The number of ketones is 1. The van der Waals surface area contributed by atoms with Crippen molar-refractivity contribution in [1.82, 2.24) is 4.90 Å². The van der Waals surface area contributed by atoms with Crippen LogP contribution in [0.2, 0.25) is 0 Å². The Morgan fingerprint density at radius 3 is 2.94 bits per heavy atom. The number of Topliss-reactive ketones (excluding diaryl/α,β-unsaturated/α-hetero) is 1. The quantitative estimate of drug-likeness (QED) is 0.742. The number of halogens is 1. The molecule has 2 heterocycles. The summed E-state index contributed by atoms with van der Waals surface area (Å²) in [5.41, 5.74) is 0.814. The summed E-state index contributed by atoms with van der Waals surface area (Å²) in [6, 6.07) is 7.37. The summed E-state index contributed by atoms with van der Waals surface area (Å²) in [7, 11) is 0. The minimum absolute atomic E-state index is 0.108. The number of rotatable bonds is 1. The lowest BCUT2D eigenvalue weighted by atomic mass is 9.93. The van der Waals surface area contributed by atoms with Crippen molar-refractivity contribution in [2.45, 2.75) is 31.2 Å². The van der Waals surface area contributed by atoms with Gasteiger partial charge in [0.15, 0.2) is 0 Å². The molecule has 17 heavy (non-hydrogen) atoms. The van der Waals surface area contributed by atoms with Crippen LogP contribution in [0, 0.1) is 5.82 Å². The first-order valence-electron chi connectivity index (χ1n) is 6.24. The second-order valence-corrected chi connectivity index (χ2v) is 5.10. The molecule has 2 nitrogen and oxygen atoms in total. The summed E-state index contributed by atoms with van der Waals surface area (Å²) in [5.74, 6) is 0.510. The lowest BCUT2D eigenvalue weighted by Gasteiger charge is -2.27. The first-order chi connectivity index (χ1) is 8.24. The molecule has 0 saturated carbocycles. The molecule has 2 aliphatic rings. The van der Waals surface area contributed by atoms with Crippen LogP contribution >= 0.6 is 0 Å². The molecule has 2 atom stereocenters. The summed E-state index contributed by atoms with van der Waals surface area (Å²) in [4.78, 5) is 13.8. The van der Waals surface area contributed by atoms with Crippen molar-refractivity contribution in [3.05, 3.63) is 35.6 Å². The third kappa shape index (κ3) is 2.00. The van der Waals surface area contributed by atoms with Crippen molar-refractivity contribution < 1.29 is 9.18 Å². The van der Waals surface area contributed by atoms with Crippen molar-refractivity contribution in [2.24, 2.45) is 0 Å². The number of carbonyl (C=O) groups excluding carboxylic acids is 1. The number of fused-ring (bicyclic) bond motifs is 1. The first-order valence-corrected chi connectivity index (χ1v) is 6.24. The van der Waals surface area contributed by atoms with Gasteiger partial charge >= 0.3 is 0 Å². The summed E-state index contributed by atoms with van der Waals surface area (Å²) >= 11 is 0. The Balaban J connectivity index is 1.80. The van der Waals surface area contributed by atoms with Crippen molar-refractivity contribution >= 4 is 5.78 Å². The standard InChI is InChI=1S/C14H16FNO/c15-14-4-2-1-3-13(14)10-7-11-8-12(17)5-6-16(11)9-10/h1-4,10-11H,5-9H2/t10-,11+/m0/s1. The highest BCUT2D eigenvalue weighted by molar-refractivity contribution is 5.80. The zero-order valence-electron chi connectivity index (χ0n) is 9.73. The molecule has 0 bridgehead atoms. The van der Waals surface area contributed by atoms with Crippen LogP contribution in [0.5, 0.6) is 0 Å². The van der Waals surface area contributed by atoms with Crippen LogP contribution in [0.4, 0.5) is 4.39 Å². The number of hydrogen-bond donors (Lipinski definition) is 0. The predicted octanol–water partition coefficient (Wildman–Crippen LogP) is 2.35. The fourth-order valence-electron chi connectivity index (χ4n) is 3.14. The molecule has 0 unspecified atom stereocenters. The third-order valence-corrected chi connectivity index (χ3v) is 4.01. The van der Waals surface area contributed by atoms with E-state index in [0.29, 0.717) is 24.7 Å². The minimum Gasteiger partial charge on any atom is -0.300 e. The Bertz CT molecular complexity index is 446. The summed E-state index contributed by atoms with van der Waals surface area (Å²) < 4.78 is 13.7. The van der Waals surface area contributed by atoms with Crippen molar-refractivity contribution in [3.8, 4) is 0 Å². The molecule has 2 aliphatic heterocycles. The van der Waals surface area contributed by atoms with Crippen LogP contribution in [-0.4, -0.2) is 29.8 Å². The lowest BCUT2D eigenvalue weighted by Crippen LogP contribution is -2.38. The molecule has 0 N–H and O–H groups in total. The van der Waals surface area contributed by atoms with Gasteiger partial charge in [0.05, 0.1) is 0 Å². The Morgan fingerprint density at radius 1 is 1.29 bits per heavy atom. The molecule has 2 saturated heterocycles. The minimum atomic E-state index is -0.108. The van der Waals surface area contributed by atoms with E-state index in [-0.39, 0.29) is 11.7 Å². The largest absolute Gasteiger partial charge is 0.300 e. The highest BCUT2D eigenvalue weighted by Gasteiger charge is 2.37. The maximum atomic E-state index is 13.7. The van der Waals surface area contributed by atoms with Crippen molar-refractivity contribution in [2.75, 3.05) is 13.1 Å². The van der Waals surface area contributed by atoms with Gasteiger partial charge in [0.2, 0.25) is 0 Å². The third-order valence-electron chi connectivity index (χ3n) is 4.01. The van der Waals surface area contributed by atoms with E-state index in [1.807, 2.05) is 12.1 Å². The molecule has 1 aromatic rings. The molecule has 0 radical (unpaired) electrons. The average molecular weight is 233 g/mol. The second-order valence-electron chi connectivity index (χ2n) is 5.10. The fourth-order valence-corrected chi connectivity index (χ4v) is 3.14. The number of piperidine rings is 1. The zero-order chi connectivity index (χ0) is 11.8. The van der Waals surface area contributed by atoms with E-state index >= 15 is 0 Å². The maximum Gasteiger partial charge on any atom is 0.135 e. The van der Waals surface area contributed by atoms with Gasteiger partial charge in [-0.3, -0.25) is 9.69 Å². The van der Waals surface area contributed by atoms with Crippen LogP contribution in [0.25, 0.3) is 0 Å². The van der Waals surface area contributed by atoms with Gasteiger partial charge < -0.3 is 0 Å². The summed E-state index contributed by atoms with van der Waals surface area (Å²) in [5, 5.41) is 0. The fraction of sp³-hybridized carbons (Fsp3) is 0.500. The van der Waals surface area contributed by atoms with Gasteiger partial charge in [-0.1, -0.05) is 18.2 Å². The SMILES string of the molecule is O=C1CCN2C[C@@H](c3ccccc3F)C[C@@H]2C1. The molecule has 3 rings (SSSR count). The van der Waals surface area contributed by atoms with Crippen LogP contribution in [0.3, 0.4) is 0 Å². The molecule has 0 aliphatic carbocycles. The van der Waals surface area contributed by atoms with Gasteiger partial charge in [0.25, 0.3) is 0 Å². The predicted molar refractivity (Wildman–Crippen MR) is 63.4 cm³/mol. The van der Waals surface area contributed by atoms with Gasteiger partial charge in [0, 0.05) is 37.9 Å². The smallest absolute Gasteiger partial charge is 0.135 e. The van der Waals surface area contributed by atoms with E-state index in [9.17, 15) is 9.18 Å². The van der Waals surface area contributed by atoms with E-state index in [2.05, 4.69) is 4.90 Å². The van der Waals surface area contributed by atoms with Crippen LogP contribution in [0.15, 0.2) is 24.3 Å². The highest BCUT2D eigenvalue weighted by Crippen LogP contribution is 2.36.